The summed E-state index contributed by atoms with van der Waals surface area (Å²) in [6.45, 7) is 1.64. The zero-order valence-corrected chi connectivity index (χ0v) is 6.64. The molecule has 0 fully saturated rings. The molecule has 0 N–H and O–H groups in total. The van der Waals surface area contributed by atoms with Crippen LogP contribution in [0.1, 0.15) is 18.6 Å². The fraction of sp³-hybridized carbons (Fsp3) is 0.250. The lowest BCUT2D eigenvalue weighted by atomic mass is 10.1. The van der Waals surface area contributed by atoms with Crippen LogP contribution < -0.4 is 0 Å². The van der Waals surface area contributed by atoms with E-state index >= 15 is 0 Å². The van der Waals surface area contributed by atoms with Gasteiger partial charge in [-0.3, -0.25) is 0 Å². The molecule has 0 aliphatic heterocycles. The third kappa shape index (κ3) is 2.23. The molecule has 0 heterocycles. The third-order valence-corrected chi connectivity index (χ3v) is 1.51. The molecule has 0 saturated carbocycles. The molecule has 0 spiro atoms. The molecule has 0 aromatic heterocycles. The van der Waals surface area contributed by atoms with Gasteiger partial charge in [-0.15, -0.1) is 10.1 Å². The van der Waals surface area contributed by atoms with E-state index in [1.54, 1.807) is 19.1 Å². The predicted octanol–water partition coefficient (Wildman–Crippen LogP) is 1.96. The molecule has 0 radical (unpaired) electrons. The van der Waals surface area contributed by atoms with E-state index in [1.807, 2.05) is 18.2 Å². The van der Waals surface area contributed by atoms with Crippen molar-refractivity contribution >= 4 is 0 Å². The van der Waals surface area contributed by atoms with E-state index < -0.39 is 11.2 Å². The largest absolute Gasteiger partial charge is 0.306 e. The number of nitrogens with zero attached hydrogens (tertiary/aromatic N) is 1. The first-order chi connectivity index (χ1) is 5.70. The summed E-state index contributed by atoms with van der Waals surface area (Å²) in [4.78, 5) is 14.3. The standard InChI is InChI=1S/C8H9NO3/c1-7(12-9(10)11)8-5-3-2-4-6-8/h2-7H,1H3. The van der Waals surface area contributed by atoms with E-state index in [-0.39, 0.29) is 0 Å². The zero-order valence-electron chi connectivity index (χ0n) is 6.64. The van der Waals surface area contributed by atoms with Gasteiger partial charge in [0.2, 0.25) is 0 Å². The lowest BCUT2D eigenvalue weighted by Gasteiger charge is -2.07. The molecule has 0 amide bonds. The number of hydrogen-bond donors (Lipinski definition) is 0. The highest BCUT2D eigenvalue weighted by atomic mass is 17.0. The van der Waals surface area contributed by atoms with Gasteiger partial charge in [-0.2, -0.15) is 0 Å². The second-order valence-corrected chi connectivity index (χ2v) is 2.38. The van der Waals surface area contributed by atoms with E-state index in [0.717, 1.165) is 5.56 Å². The molecule has 0 saturated heterocycles. The Morgan fingerprint density at radius 2 is 2.00 bits per heavy atom. The summed E-state index contributed by atoms with van der Waals surface area (Å²) in [6.07, 6.45) is -0.499. The van der Waals surface area contributed by atoms with Crippen LogP contribution in [0.4, 0.5) is 0 Å². The van der Waals surface area contributed by atoms with Gasteiger partial charge in [0.05, 0.1) is 0 Å². The Labute approximate surface area is 69.9 Å². The molecular weight excluding hydrogens is 158 g/mol. The van der Waals surface area contributed by atoms with Crippen LogP contribution in [0.5, 0.6) is 0 Å². The molecular formula is C8H9NO3. The Morgan fingerprint density at radius 1 is 1.42 bits per heavy atom. The smallest absolute Gasteiger partial charge is 0.295 e. The van der Waals surface area contributed by atoms with E-state index in [1.165, 1.54) is 0 Å². The molecule has 64 valence electrons. The summed E-state index contributed by atoms with van der Waals surface area (Å²) in [5.41, 5.74) is 0.800. The maximum atomic E-state index is 9.97. The molecule has 0 aliphatic carbocycles. The molecule has 1 unspecified atom stereocenters. The first-order valence-electron chi connectivity index (χ1n) is 3.56. The van der Waals surface area contributed by atoms with Gasteiger partial charge < -0.3 is 4.84 Å². The van der Waals surface area contributed by atoms with Gasteiger partial charge in [0.15, 0.2) is 0 Å². The minimum absolute atomic E-state index is 0.499. The first-order valence-corrected chi connectivity index (χ1v) is 3.56. The lowest BCUT2D eigenvalue weighted by molar-refractivity contribution is -0.770. The van der Waals surface area contributed by atoms with Crippen LogP contribution >= 0.6 is 0 Å². The number of benzene rings is 1. The SMILES string of the molecule is CC(O[N+](=O)[O-])c1ccccc1. The molecule has 0 aliphatic rings. The summed E-state index contributed by atoms with van der Waals surface area (Å²) < 4.78 is 0. The van der Waals surface area contributed by atoms with E-state index in [9.17, 15) is 10.1 Å². The minimum atomic E-state index is -0.780. The summed E-state index contributed by atoms with van der Waals surface area (Å²) >= 11 is 0. The third-order valence-electron chi connectivity index (χ3n) is 1.51. The Morgan fingerprint density at radius 3 is 2.50 bits per heavy atom. The fourth-order valence-electron chi connectivity index (χ4n) is 0.914. The van der Waals surface area contributed by atoms with Crippen molar-refractivity contribution in [1.82, 2.24) is 0 Å². The average molecular weight is 167 g/mol. The topological polar surface area (TPSA) is 52.4 Å². The van der Waals surface area contributed by atoms with Crippen molar-refractivity contribution in [1.29, 1.82) is 0 Å². The molecule has 1 atom stereocenters. The molecule has 12 heavy (non-hydrogen) atoms. The summed E-state index contributed by atoms with van der Waals surface area (Å²) in [5.74, 6) is 0. The summed E-state index contributed by atoms with van der Waals surface area (Å²) in [5, 5.41) is 9.19. The van der Waals surface area contributed by atoms with Crippen LogP contribution in [-0.2, 0) is 4.84 Å². The van der Waals surface area contributed by atoms with Crippen molar-refractivity contribution < 1.29 is 9.92 Å². The van der Waals surface area contributed by atoms with Crippen LogP contribution in [0.2, 0.25) is 0 Å². The number of hydrogen-bond acceptors (Lipinski definition) is 3. The number of rotatable bonds is 3. The van der Waals surface area contributed by atoms with Crippen LogP contribution in [0.15, 0.2) is 30.3 Å². The van der Waals surface area contributed by atoms with Gasteiger partial charge in [0, 0.05) is 0 Å². The highest BCUT2D eigenvalue weighted by Crippen LogP contribution is 2.15. The van der Waals surface area contributed by atoms with Crippen molar-refractivity contribution in [3.8, 4) is 0 Å². The monoisotopic (exact) mass is 167 g/mol. The van der Waals surface area contributed by atoms with Gasteiger partial charge in [0.25, 0.3) is 5.09 Å². The lowest BCUT2D eigenvalue weighted by Crippen LogP contribution is -2.05. The summed E-state index contributed by atoms with van der Waals surface area (Å²) in [6, 6.07) is 9.05. The Balaban J connectivity index is 2.65. The second-order valence-electron chi connectivity index (χ2n) is 2.38. The van der Waals surface area contributed by atoms with Crippen molar-refractivity contribution in [2.24, 2.45) is 0 Å². The Kier molecular flexibility index (Phi) is 2.63. The van der Waals surface area contributed by atoms with Gasteiger partial charge in [-0.25, -0.2) is 0 Å². The molecule has 1 aromatic rings. The molecule has 4 heteroatoms. The van der Waals surface area contributed by atoms with E-state index in [2.05, 4.69) is 4.84 Å². The van der Waals surface area contributed by atoms with Crippen LogP contribution in [-0.4, -0.2) is 5.09 Å². The van der Waals surface area contributed by atoms with Gasteiger partial charge in [-0.05, 0) is 12.5 Å². The average Bonchev–Trinajstić information content (AvgIpc) is 2.05. The summed E-state index contributed by atoms with van der Waals surface area (Å²) in [7, 11) is 0. The van der Waals surface area contributed by atoms with Crippen LogP contribution in [0, 0.1) is 10.1 Å². The first kappa shape index (κ1) is 8.52. The fourth-order valence-corrected chi connectivity index (χ4v) is 0.914. The minimum Gasteiger partial charge on any atom is -0.306 e. The van der Waals surface area contributed by atoms with Crippen molar-refractivity contribution in [3.63, 3.8) is 0 Å². The Bertz CT molecular complexity index is 260. The molecule has 1 aromatic carbocycles. The highest BCUT2D eigenvalue weighted by molar-refractivity contribution is 5.16. The van der Waals surface area contributed by atoms with Crippen molar-refractivity contribution in [2.75, 3.05) is 0 Å². The molecule has 1 rings (SSSR count). The quantitative estimate of drug-likeness (QED) is 0.510. The molecule has 4 nitrogen and oxygen atoms in total. The van der Waals surface area contributed by atoms with Crippen LogP contribution in [0.25, 0.3) is 0 Å². The van der Waals surface area contributed by atoms with E-state index in [0.29, 0.717) is 0 Å². The van der Waals surface area contributed by atoms with Crippen LogP contribution in [0.3, 0.4) is 0 Å². The van der Waals surface area contributed by atoms with Gasteiger partial charge >= 0.3 is 0 Å². The second kappa shape index (κ2) is 3.71. The van der Waals surface area contributed by atoms with Crippen molar-refractivity contribution in [2.45, 2.75) is 13.0 Å². The van der Waals surface area contributed by atoms with Crippen molar-refractivity contribution in [3.05, 3.63) is 46.0 Å². The normalized spacial score (nSPS) is 12.1. The van der Waals surface area contributed by atoms with Gasteiger partial charge in [-0.1, -0.05) is 30.3 Å². The Hall–Kier alpha value is -1.58. The van der Waals surface area contributed by atoms with E-state index in [4.69, 9.17) is 0 Å². The highest BCUT2D eigenvalue weighted by Gasteiger charge is 2.07. The maximum absolute atomic E-state index is 9.97. The predicted molar refractivity (Wildman–Crippen MR) is 42.9 cm³/mol. The molecule has 0 bridgehead atoms. The van der Waals surface area contributed by atoms with Gasteiger partial charge in [0.1, 0.15) is 6.10 Å². The zero-order chi connectivity index (χ0) is 8.97. The maximum Gasteiger partial charge on any atom is 0.295 e.